The van der Waals surface area contributed by atoms with E-state index in [2.05, 4.69) is 32.9 Å². The van der Waals surface area contributed by atoms with Crippen LogP contribution in [0, 0.1) is 0 Å². The van der Waals surface area contributed by atoms with Gasteiger partial charge in [-0.3, -0.25) is 0 Å². The molecular formula is C14H20N2O2S2. The molecule has 2 saturated heterocycles. The van der Waals surface area contributed by atoms with Crippen LogP contribution in [0.25, 0.3) is 0 Å². The van der Waals surface area contributed by atoms with E-state index in [1.165, 1.54) is 9.79 Å². The summed E-state index contributed by atoms with van der Waals surface area (Å²) in [5.41, 5.74) is 0. The Bertz CT molecular complexity index is 365. The van der Waals surface area contributed by atoms with E-state index in [9.17, 15) is 0 Å². The summed E-state index contributed by atoms with van der Waals surface area (Å²) in [5.74, 6) is 0. The van der Waals surface area contributed by atoms with Gasteiger partial charge in [-0.2, -0.15) is 0 Å². The predicted octanol–water partition coefficient (Wildman–Crippen LogP) is 2.37. The third-order valence-electron chi connectivity index (χ3n) is 3.23. The van der Waals surface area contributed by atoms with Crippen LogP contribution >= 0.6 is 23.9 Å². The van der Waals surface area contributed by atoms with Gasteiger partial charge in [0.1, 0.15) is 0 Å². The van der Waals surface area contributed by atoms with Gasteiger partial charge in [0.15, 0.2) is 0 Å². The van der Waals surface area contributed by atoms with E-state index in [1.807, 2.05) is 23.9 Å². The highest BCUT2D eigenvalue weighted by Gasteiger charge is 2.13. The fourth-order valence-corrected chi connectivity index (χ4v) is 3.91. The van der Waals surface area contributed by atoms with Gasteiger partial charge in [-0.05, 0) is 48.2 Å². The molecule has 110 valence electrons. The summed E-state index contributed by atoms with van der Waals surface area (Å²) in [7, 11) is 0. The molecule has 1 aromatic rings. The molecule has 0 amide bonds. The van der Waals surface area contributed by atoms with E-state index in [4.69, 9.17) is 9.47 Å². The number of morpholine rings is 2. The first-order chi connectivity index (χ1) is 9.90. The molecule has 0 radical (unpaired) electrons. The van der Waals surface area contributed by atoms with Gasteiger partial charge in [0.25, 0.3) is 0 Å². The maximum Gasteiger partial charge on any atom is 0.0603 e. The number of hydrogen-bond acceptors (Lipinski definition) is 6. The first kappa shape index (κ1) is 14.7. The summed E-state index contributed by atoms with van der Waals surface area (Å²) in [6.07, 6.45) is 0. The van der Waals surface area contributed by atoms with Crippen molar-refractivity contribution in [1.82, 2.24) is 8.61 Å². The van der Waals surface area contributed by atoms with Crippen molar-refractivity contribution in [2.75, 3.05) is 52.6 Å². The monoisotopic (exact) mass is 312 g/mol. The second-order valence-corrected chi connectivity index (χ2v) is 7.08. The highest BCUT2D eigenvalue weighted by Crippen LogP contribution is 2.28. The van der Waals surface area contributed by atoms with Crippen molar-refractivity contribution in [3.05, 3.63) is 24.3 Å². The summed E-state index contributed by atoms with van der Waals surface area (Å²) >= 11 is 3.66. The molecule has 0 saturated carbocycles. The topological polar surface area (TPSA) is 24.9 Å². The van der Waals surface area contributed by atoms with E-state index >= 15 is 0 Å². The molecular weight excluding hydrogens is 292 g/mol. The Morgan fingerprint density at radius 1 is 0.650 bits per heavy atom. The zero-order valence-corrected chi connectivity index (χ0v) is 13.1. The second kappa shape index (κ2) is 7.68. The van der Waals surface area contributed by atoms with E-state index in [-0.39, 0.29) is 0 Å². The molecule has 2 heterocycles. The zero-order chi connectivity index (χ0) is 13.6. The number of hydrogen-bond donors (Lipinski definition) is 0. The predicted molar refractivity (Wildman–Crippen MR) is 82.9 cm³/mol. The molecule has 0 N–H and O–H groups in total. The standard InChI is InChI=1S/C14H20N2O2S2/c1-2-14(20-16-7-11-18-12-8-16)4-3-13(1)19-15-5-9-17-10-6-15/h1-4H,5-12H2. The fourth-order valence-electron chi connectivity index (χ4n) is 2.14. The Morgan fingerprint density at radius 3 is 1.35 bits per heavy atom. The molecule has 2 fully saturated rings. The minimum atomic E-state index is 0.845. The third-order valence-corrected chi connectivity index (χ3v) is 5.45. The Hall–Kier alpha value is -0.240. The Balaban J connectivity index is 1.51. The van der Waals surface area contributed by atoms with E-state index in [1.54, 1.807) is 0 Å². The molecule has 0 unspecified atom stereocenters. The maximum atomic E-state index is 5.37. The van der Waals surface area contributed by atoms with Crippen molar-refractivity contribution in [3.8, 4) is 0 Å². The Kier molecular flexibility index (Phi) is 5.64. The Labute approximate surface area is 129 Å². The van der Waals surface area contributed by atoms with Crippen LogP contribution in [0.1, 0.15) is 0 Å². The van der Waals surface area contributed by atoms with Gasteiger partial charge < -0.3 is 9.47 Å². The smallest absolute Gasteiger partial charge is 0.0603 e. The number of benzene rings is 1. The molecule has 0 spiro atoms. The molecule has 20 heavy (non-hydrogen) atoms. The molecule has 2 aliphatic heterocycles. The van der Waals surface area contributed by atoms with Crippen molar-refractivity contribution in [1.29, 1.82) is 0 Å². The van der Waals surface area contributed by atoms with Crippen LogP contribution in [-0.2, 0) is 9.47 Å². The summed E-state index contributed by atoms with van der Waals surface area (Å²) in [6.45, 7) is 7.42. The summed E-state index contributed by atoms with van der Waals surface area (Å²) < 4.78 is 15.5. The molecule has 2 aliphatic rings. The van der Waals surface area contributed by atoms with E-state index in [0.717, 1.165) is 52.6 Å². The molecule has 4 nitrogen and oxygen atoms in total. The summed E-state index contributed by atoms with van der Waals surface area (Å²) in [4.78, 5) is 2.61. The van der Waals surface area contributed by atoms with Crippen LogP contribution in [0.3, 0.4) is 0 Å². The van der Waals surface area contributed by atoms with Crippen molar-refractivity contribution in [3.63, 3.8) is 0 Å². The lowest BCUT2D eigenvalue weighted by molar-refractivity contribution is 0.0772. The van der Waals surface area contributed by atoms with Gasteiger partial charge in [0.2, 0.25) is 0 Å². The maximum absolute atomic E-state index is 5.37. The van der Waals surface area contributed by atoms with Crippen molar-refractivity contribution in [2.45, 2.75) is 9.79 Å². The quantitative estimate of drug-likeness (QED) is 0.792. The average molecular weight is 312 g/mol. The molecule has 1 aromatic carbocycles. The number of ether oxygens (including phenoxy) is 2. The summed E-state index contributed by atoms with van der Waals surface area (Å²) in [6, 6.07) is 8.84. The highest BCUT2D eigenvalue weighted by atomic mass is 32.2. The van der Waals surface area contributed by atoms with Crippen molar-refractivity contribution < 1.29 is 9.47 Å². The molecule has 3 rings (SSSR count). The van der Waals surface area contributed by atoms with Crippen LogP contribution in [0.2, 0.25) is 0 Å². The molecule has 0 aromatic heterocycles. The van der Waals surface area contributed by atoms with Gasteiger partial charge >= 0.3 is 0 Å². The highest BCUT2D eigenvalue weighted by molar-refractivity contribution is 7.97. The van der Waals surface area contributed by atoms with Crippen LogP contribution in [0.5, 0.6) is 0 Å². The van der Waals surface area contributed by atoms with Gasteiger partial charge in [-0.15, -0.1) is 0 Å². The first-order valence-corrected chi connectivity index (χ1v) is 8.56. The van der Waals surface area contributed by atoms with E-state index < -0.39 is 0 Å². The Morgan fingerprint density at radius 2 is 1.00 bits per heavy atom. The minimum Gasteiger partial charge on any atom is -0.379 e. The van der Waals surface area contributed by atoms with Crippen LogP contribution < -0.4 is 0 Å². The largest absolute Gasteiger partial charge is 0.379 e. The van der Waals surface area contributed by atoms with Gasteiger partial charge in [-0.1, -0.05) is 0 Å². The average Bonchev–Trinajstić information content (AvgIpc) is 2.51. The van der Waals surface area contributed by atoms with E-state index in [0.29, 0.717) is 0 Å². The molecule has 0 aliphatic carbocycles. The van der Waals surface area contributed by atoms with Gasteiger partial charge in [-0.25, -0.2) is 8.61 Å². The molecule has 6 heteroatoms. The van der Waals surface area contributed by atoms with Gasteiger partial charge in [0, 0.05) is 36.0 Å². The van der Waals surface area contributed by atoms with Gasteiger partial charge in [0.05, 0.1) is 26.4 Å². The first-order valence-electron chi connectivity index (χ1n) is 7.01. The van der Waals surface area contributed by atoms with Crippen molar-refractivity contribution in [2.24, 2.45) is 0 Å². The van der Waals surface area contributed by atoms with Crippen LogP contribution in [0.15, 0.2) is 34.1 Å². The van der Waals surface area contributed by atoms with Crippen LogP contribution in [-0.4, -0.2) is 61.2 Å². The number of nitrogens with zero attached hydrogens (tertiary/aromatic N) is 2. The lowest BCUT2D eigenvalue weighted by Gasteiger charge is -2.26. The minimum absolute atomic E-state index is 0.845. The lowest BCUT2D eigenvalue weighted by Crippen LogP contribution is -2.31. The lowest BCUT2D eigenvalue weighted by atomic mass is 10.4. The fraction of sp³-hybridized carbons (Fsp3) is 0.571. The third kappa shape index (κ3) is 4.38. The van der Waals surface area contributed by atoms with Crippen LogP contribution in [0.4, 0.5) is 0 Å². The second-order valence-electron chi connectivity index (χ2n) is 4.74. The number of rotatable bonds is 4. The summed E-state index contributed by atoms with van der Waals surface area (Å²) in [5, 5.41) is 0. The normalized spacial score (nSPS) is 22.0. The molecule has 0 bridgehead atoms. The SMILES string of the molecule is c1cc(SN2CCOCC2)ccc1SN1CCOCC1. The molecule has 0 atom stereocenters. The zero-order valence-electron chi connectivity index (χ0n) is 11.5. The van der Waals surface area contributed by atoms with Crippen molar-refractivity contribution >= 4 is 23.9 Å².